The van der Waals surface area contributed by atoms with E-state index in [2.05, 4.69) is 10.2 Å². The number of benzene rings is 2. The molecule has 5 nitrogen and oxygen atoms in total. The first-order chi connectivity index (χ1) is 12.2. The fourth-order valence-electron chi connectivity index (χ4n) is 2.47. The third-order valence-corrected chi connectivity index (χ3v) is 5.44. The molecule has 0 aliphatic carbocycles. The van der Waals surface area contributed by atoms with Crippen molar-refractivity contribution in [1.82, 2.24) is 14.9 Å². The first kappa shape index (κ1) is 19.2. The SMILES string of the molecule is Br.COc1ccc(C2=Nn3c(nnc3-c3ccc(Cl)c(Cl)c3)SC2)cc1. The Balaban J connectivity index is 0.00000196. The van der Waals surface area contributed by atoms with E-state index in [1.165, 1.54) is 0 Å². The molecule has 2 heterocycles. The minimum atomic E-state index is 0. The molecule has 26 heavy (non-hydrogen) atoms. The smallest absolute Gasteiger partial charge is 0.212 e. The van der Waals surface area contributed by atoms with Crippen molar-refractivity contribution in [2.75, 3.05) is 12.9 Å². The summed E-state index contributed by atoms with van der Waals surface area (Å²) >= 11 is 13.7. The van der Waals surface area contributed by atoms with Crippen LogP contribution in [0.15, 0.2) is 52.7 Å². The van der Waals surface area contributed by atoms with E-state index in [4.69, 9.17) is 33.0 Å². The lowest BCUT2D eigenvalue weighted by Crippen LogP contribution is -2.13. The summed E-state index contributed by atoms with van der Waals surface area (Å²) in [4.78, 5) is 0. The summed E-state index contributed by atoms with van der Waals surface area (Å²) in [6.45, 7) is 0. The van der Waals surface area contributed by atoms with Gasteiger partial charge < -0.3 is 4.74 Å². The van der Waals surface area contributed by atoms with Gasteiger partial charge in [0.05, 0.1) is 22.9 Å². The molecule has 134 valence electrons. The first-order valence-electron chi connectivity index (χ1n) is 7.41. The van der Waals surface area contributed by atoms with Crippen molar-refractivity contribution in [3.63, 3.8) is 0 Å². The molecule has 0 fully saturated rings. The molecule has 4 rings (SSSR count). The highest BCUT2D eigenvalue weighted by Gasteiger charge is 2.21. The monoisotopic (exact) mass is 470 g/mol. The Hall–Kier alpha value is -1.54. The molecule has 0 saturated heterocycles. The Morgan fingerprint density at radius 3 is 2.42 bits per heavy atom. The fourth-order valence-corrected chi connectivity index (χ4v) is 3.60. The number of methoxy groups -OCH3 is 1. The summed E-state index contributed by atoms with van der Waals surface area (Å²) in [5.74, 6) is 2.17. The summed E-state index contributed by atoms with van der Waals surface area (Å²) in [6, 6.07) is 13.2. The van der Waals surface area contributed by atoms with Crippen LogP contribution in [0.25, 0.3) is 11.4 Å². The Labute approximate surface area is 175 Å². The number of aromatic nitrogens is 3. The minimum Gasteiger partial charge on any atom is -0.497 e. The quantitative estimate of drug-likeness (QED) is 0.527. The van der Waals surface area contributed by atoms with Gasteiger partial charge in [0.1, 0.15) is 5.75 Å². The van der Waals surface area contributed by atoms with Crippen molar-refractivity contribution in [2.45, 2.75) is 5.16 Å². The standard InChI is InChI=1S/C17H12Cl2N4OS.BrH/c1-24-12-5-2-10(3-6-12)15-9-25-17-21-20-16(23(17)22-15)11-4-7-13(18)14(19)8-11;/h2-8H,9H2,1H3;1H. The summed E-state index contributed by atoms with van der Waals surface area (Å²) in [7, 11) is 1.65. The maximum absolute atomic E-state index is 6.12. The highest BCUT2D eigenvalue weighted by molar-refractivity contribution is 8.93. The van der Waals surface area contributed by atoms with Crippen molar-refractivity contribution >= 4 is 57.7 Å². The highest BCUT2D eigenvalue weighted by atomic mass is 79.9. The van der Waals surface area contributed by atoms with E-state index in [0.717, 1.165) is 33.5 Å². The number of hydrogen-bond acceptors (Lipinski definition) is 5. The largest absolute Gasteiger partial charge is 0.497 e. The number of halogens is 3. The predicted molar refractivity (Wildman–Crippen MR) is 111 cm³/mol. The van der Waals surface area contributed by atoms with Gasteiger partial charge in [-0.25, -0.2) is 0 Å². The second-order valence-electron chi connectivity index (χ2n) is 5.31. The Bertz CT molecular complexity index is 975. The molecule has 0 atom stereocenters. The van der Waals surface area contributed by atoms with Crippen LogP contribution in [0.1, 0.15) is 5.56 Å². The van der Waals surface area contributed by atoms with Crippen LogP contribution in [0.3, 0.4) is 0 Å². The van der Waals surface area contributed by atoms with Crippen molar-refractivity contribution < 1.29 is 4.74 Å². The molecule has 1 aliphatic heterocycles. The number of thioether (sulfide) groups is 1. The van der Waals surface area contributed by atoms with Gasteiger partial charge in [0.2, 0.25) is 5.16 Å². The third kappa shape index (κ3) is 3.62. The summed E-state index contributed by atoms with van der Waals surface area (Å²) in [6.07, 6.45) is 0. The Morgan fingerprint density at radius 2 is 1.73 bits per heavy atom. The normalized spacial score (nSPS) is 12.8. The average molecular weight is 472 g/mol. The number of hydrogen-bond donors (Lipinski definition) is 0. The molecule has 1 aliphatic rings. The maximum atomic E-state index is 6.12. The first-order valence-corrected chi connectivity index (χ1v) is 9.16. The summed E-state index contributed by atoms with van der Waals surface area (Å²) < 4.78 is 6.95. The number of rotatable bonds is 3. The van der Waals surface area contributed by atoms with Crippen LogP contribution < -0.4 is 4.74 Å². The van der Waals surface area contributed by atoms with Gasteiger partial charge in [-0.2, -0.15) is 9.78 Å². The van der Waals surface area contributed by atoms with Crippen molar-refractivity contribution in [1.29, 1.82) is 0 Å². The third-order valence-electron chi connectivity index (χ3n) is 3.77. The molecule has 0 saturated carbocycles. The van der Waals surface area contributed by atoms with E-state index in [9.17, 15) is 0 Å². The van der Waals surface area contributed by atoms with E-state index in [1.54, 1.807) is 35.7 Å². The van der Waals surface area contributed by atoms with Crippen LogP contribution in [-0.4, -0.2) is 33.4 Å². The Kier molecular flexibility index (Phi) is 5.92. The molecule has 0 spiro atoms. The van der Waals surface area contributed by atoms with E-state index >= 15 is 0 Å². The molecule has 3 aromatic rings. The van der Waals surface area contributed by atoms with Gasteiger partial charge in [-0.3, -0.25) is 0 Å². The van der Waals surface area contributed by atoms with Crippen LogP contribution in [0.4, 0.5) is 0 Å². The van der Waals surface area contributed by atoms with Gasteiger partial charge in [-0.1, -0.05) is 35.0 Å². The molecule has 0 unspecified atom stereocenters. The van der Waals surface area contributed by atoms with Gasteiger partial charge in [0.25, 0.3) is 0 Å². The fraction of sp³-hybridized carbons (Fsp3) is 0.118. The lowest BCUT2D eigenvalue weighted by atomic mass is 10.1. The molecule has 0 bridgehead atoms. The molecule has 2 aromatic carbocycles. The molecule has 1 aromatic heterocycles. The van der Waals surface area contributed by atoms with Crippen LogP contribution in [-0.2, 0) is 0 Å². The second kappa shape index (κ2) is 8.00. The highest BCUT2D eigenvalue weighted by Crippen LogP contribution is 2.31. The van der Waals surface area contributed by atoms with Crippen LogP contribution in [0.2, 0.25) is 10.0 Å². The lowest BCUT2D eigenvalue weighted by molar-refractivity contribution is 0.415. The van der Waals surface area contributed by atoms with Gasteiger partial charge in [0.15, 0.2) is 5.82 Å². The van der Waals surface area contributed by atoms with Gasteiger partial charge >= 0.3 is 0 Å². The second-order valence-corrected chi connectivity index (χ2v) is 7.07. The van der Waals surface area contributed by atoms with Gasteiger partial charge in [-0.15, -0.1) is 27.2 Å². The predicted octanol–water partition coefficient (Wildman–Crippen LogP) is 5.20. The molecular formula is C17H13BrCl2N4OS. The average Bonchev–Trinajstić information content (AvgIpc) is 3.07. The van der Waals surface area contributed by atoms with Crippen molar-refractivity contribution in [2.24, 2.45) is 5.10 Å². The minimum absolute atomic E-state index is 0. The molecule has 9 heteroatoms. The number of nitrogens with zero attached hydrogens (tertiary/aromatic N) is 4. The van der Waals surface area contributed by atoms with E-state index < -0.39 is 0 Å². The van der Waals surface area contributed by atoms with Crippen molar-refractivity contribution in [3.05, 3.63) is 58.1 Å². The summed E-state index contributed by atoms with van der Waals surface area (Å²) in [5, 5.41) is 14.9. The molecule has 0 amide bonds. The van der Waals surface area contributed by atoms with Crippen LogP contribution in [0.5, 0.6) is 5.75 Å². The van der Waals surface area contributed by atoms with Gasteiger partial charge in [0, 0.05) is 11.3 Å². The van der Waals surface area contributed by atoms with Gasteiger partial charge in [-0.05, 0) is 48.0 Å². The maximum Gasteiger partial charge on any atom is 0.212 e. The molecule has 0 radical (unpaired) electrons. The van der Waals surface area contributed by atoms with E-state index in [-0.39, 0.29) is 17.0 Å². The molecule has 0 N–H and O–H groups in total. The zero-order valence-electron chi connectivity index (χ0n) is 13.5. The topological polar surface area (TPSA) is 52.3 Å². The van der Waals surface area contributed by atoms with Crippen molar-refractivity contribution in [3.8, 4) is 17.1 Å². The molecular weight excluding hydrogens is 459 g/mol. The zero-order chi connectivity index (χ0) is 17.4. The number of fused-ring (bicyclic) bond motifs is 1. The Morgan fingerprint density at radius 1 is 1.00 bits per heavy atom. The zero-order valence-corrected chi connectivity index (χ0v) is 17.6. The van der Waals surface area contributed by atoms with Crippen LogP contribution >= 0.6 is 51.9 Å². The van der Waals surface area contributed by atoms with E-state index in [0.29, 0.717) is 15.9 Å². The summed E-state index contributed by atoms with van der Waals surface area (Å²) in [5.41, 5.74) is 2.79. The number of ether oxygens (including phenoxy) is 1. The lowest BCUT2D eigenvalue weighted by Gasteiger charge is -2.14. The van der Waals surface area contributed by atoms with Crippen LogP contribution in [0, 0.1) is 0 Å². The van der Waals surface area contributed by atoms with E-state index in [1.807, 2.05) is 30.3 Å².